The van der Waals surface area contributed by atoms with Crippen LogP contribution in [0.15, 0.2) is 59.0 Å². The summed E-state index contributed by atoms with van der Waals surface area (Å²) in [5, 5.41) is 14.5. The van der Waals surface area contributed by atoms with Crippen LogP contribution in [0.2, 0.25) is 0 Å². The van der Waals surface area contributed by atoms with Gasteiger partial charge in [0.25, 0.3) is 5.95 Å². The second kappa shape index (κ2) is 9.47. The van der Waals surface area contributed by atoms with Crippen LogP contribution in [0.5, 0.6) is 0 Å². The van der Waals surface area contributed by atoms with Gasteiger partial charge in [0, 0.05) is 23.6 Å². The normalized spacial score (nSPS) is 11.9. The van der Waals surface area contributed by atoms with Crippen LogP contribution in [-0.2, 0) is 11.0 Å². The zero-order valence-electron chi connectivity index (χ0n) is 16.1. The molecular formula is C18H17F3N8OS. The lowest BCUT2D eigenvalue weighted by molar-refractivity contribution is -0.137. The molecule has 0 radical (unpaired) electrons. The van der Waals surface area contributed by atoms with Crippen molar-refractivity contribution in [2.24, 2.45) is 5.10 Å². The topological polar surface area (TPSA) is 123 Å². The zero-order valence-corrected chi connectivity index (χ0v) is 16.9. The van der Waals surface area contributed by atoms with Gasteiger partial charge >= 0.3 is 6.18 Å². The summed E-state index contributed by atoms with van der Waals surface area (Å²) >= 11 is 0.969. The summed E-state index contributed by atoms with van der Waals surface area (Å²) in [5.41, 5.74) is 3.40. The van der Waals surface area contributed by atoms with Crippen LogP contribution >= 0.6 is 11.8 Å². The molecule has 0 unspecified atom stereocenters. The Balaban J connectivity index is 1.57. The molecule has 1 aromatic carbocycles. The van der Waals surface area contributed by atoms with Gasteiger partial charge in [0.2, 0.25) is 11.1 Å². The van der Waals surface area contributed by atoms with Gasteiger partial charge in [-0.1, -0.05) is 17.8 Å². The maximum atomic E-state index is 12.8. The van der Waals surface area contributed by atoms with E-state index in [9.17, 15) is 18.0 Å². The van der Waals surface area contributed by atoms with Crippen molar-refractivity contribution in [1.82, 2.24) is 19.9 Å². The number of carbonyl (C=O) groups is 1. The largest absolute Gasteiger partial charge is 0.416 e. The second-order valence-electron chi connectivity index (χ2n) is 6.14. The number of thioether (sulfide) groups is 1. The first-order chi connectivity index (χ1) is 14.7. The Morgan fingerprint density at radius 2 is 1.97 bits per heavy atom. The summed E-state index contributed by atoms with van der Waals surface area (Å²) in [5.74, 6) is 5.40. The molecule has 0 atom stereocenters. The fourth-order valence-corrected chi connectivity index (χ4v) is 3.00. The molecule has 2 aromatic heterocycles. The minimum atomic E-state index is -4.49. The molecule has 0 aliphatic rings. The highest BCUT2D eigenvalue weighted by Gasteiger charge is 2.30. The van der Waals surface area contributed by atoms with E-state index in [-0.39, 0.29) is 22.5 Å². The Labute approximate surface area is 178 Å². The number of benzene rings is 1. The molecule has 162 valence electrons. The molecule has 0 saturated heterocycles. The number of pyridine rings is 1. The number of aromatic nitrogens is 4. The predicted octanol–water partition coefficient (Wildman–Crippen LogP) is 2.97. The summed E-state index contributed by atoms with van der Waals surface area (Å²) in [4.78, 5) is 16.0. The van der Waals surface area contributed by atoms with Crippen LogP contribution < -0.4 is 16.6 Å². The molecule has 31 heavy (non-hydrogen) atoms. The molecule has 13 heteroatoms. The van der Waals surface area contributed by atoms with Gasteiger partial charge in [0.15, 0.2) is 0 Å². The molecule has 0 saturated carbocycles. The molecule has 9 nitrogen and oxygen atoms in total. The summed E-state index contributed by atoms with van der Waals surface area (Å²) < 4.78 is 39.4. The van der Waals surface area contributed by atoms with Crippen molar-refractivity contribution in [1.29, 1.82) is 0 Å². The number of amides is 1. The van der Waals surface area contributed by atoms with E-state index >= 15 is 0 Å². The van der Waals surface area contributed by atoms with E-state index in [1.165, 1.54) is 12.1 Å². The van der Waals surface area contributed by atoms with Crippen LogP contribution in [0.1, 0.15) is 18.1 Å². The number of halogens is 3. The number of rotatable bonds is 7. The van der Waals surface area contributed by atoms with Crippen LogP contribution in [0.25, 0.3) is 0 Å². The van der Waals surface area contributed by atoms with Crippen molar-refractivity contribution in [3.8, 4) is 0 Å². The summed E-state index contributed by atoms with van der Waals surface area (Å²) in [6.45, 7) is 1.79. The quantitative estimate of drug-likeness (QED) is 0.219. The minimum Gasteiger partial charge on any atom is -0.334 e. The van der Waals surface area contributed by atoms with E-state index in [0.29, 0.717) is 5.71 Å². The highest BCUT2D eigenvalue weighted by Crippen LogP contribution is 2.30. The molecule has 4 N–H and O–H groups in total. The van der Waals surface area contributed by atoms with Crippen molar-refractivity contribution in [2.75, 3.05) is 22.3 Å². The first-order valence-electron chi connectivity index (χ1n) is 8.75. The molecule has 3 aromatic rings. The SMILES string of the molecule is C/C(=N\Nc1nnc(SCC(=O)Nc2cccc(C(F)(F)F)c2)n1N)c1ccncc1. The number of alkyl halides is 3. The van der Waals surface area contributed by atoms with Gasteiger partial charge in [-0.2, -0.15) is 18.3 Å². The molecule has 0 bridgehead atoms. The van der Waals surface area contributed by atoms with E-state index in [1.807, 2.05) is 0 Å². The van der Waals surface area contributed by atoms with Crippen molar-refractivity contribution < 1.29 is 18.0 Å². The predicted molar refractivity (Wildman–Crippen MR) is 111 cm³/mol. The smallest absolute Gasteiger partial charge is 0.334 e. The van der Waals surface area contributed by atoms with Gasteiger partial charge in [0.1, 0.15) is 0 Å². The third kappa shape index (κ3) is 5.94. The van der Waals surface area contributed by atoms with E-state index in [1.54, 1.807) is 31.5 Å². The summed E-state index contributed by atoms with van der Waals surface area (Å²) in [6.07, 6.45) is -1.22. The maximum Gasteiger partial charge on any atom is 0.416 e. The monoisotopic (exact) mass is 450 g/mol. The Kier molecular flexibility index (Phi) is 6.74. The molecule has 0 spiro atoms. The van der Waals surface area contributed by atoms with Crippen LogP contribution in [0, 0.1) is 0 Å². The highest BCUT2D eigenvalue weighted by atomic mass is 32.2. The highest BCUT2D eigenvalue weighted by molar-refractivity contribution is 7.99. The third-order valence-corrected chi connectivity index (χ3v) is 4.84. The first kappa shape index (κ1) is 22.1. The van der Waals surface area contributed by atoms with Gasteiger partial charge in [-0.25, -0.2) is 10.1 Å². The lowest BCUT2D eigenvalue weighted by Gasteiger charge is -2.09. The number of nitrogens with one attached hydrogen (secondary N) is 2. The van der Waals surface area contributed by atoms with E-state index < -0.39 is 17.6 Å². The second-order valence-corrected chi connectivity index (χ2v) is 7.08. The Hall–Kier alpha value is -3.61. The summed E-state index contributed by atoms with van der Waals surface area (Å²) in [7, 11) is 0. The van der Waals surface area contributed by atoms with Crippen molar-refractivity contribution in [3.63, 3.8) is 0 Å². The van der Waals surface area contributed by atoms with Crippen molar-refractivity contribution in [2.45, 2.75) is 18.3 Å². The number of hydrogen-bond acceptors (Lipinski definition) is 8. The van der Waals surface area contributed by atoms with Crippen LogP contribution in [-0.4, -0.2) is 37.2 Å². The maximum absolute atomic E-state index is 12.8. The molecule has 2 heterocycles. The van der Waals surface area contributed by atoms with Crippen LogP contribution in [0.4, 0.5) is 24.8 Å². The fraction of sp³-hybridized carbons (Fsp3) is 0.167. The third-order valence-electron chi connectivity index (χ3n) is 3.89. The van der Waals surface area contributed by atoms with Gasteiger partial charge < -0.3 is 11.2 Å². The number of hydrazone groups is 1. The van der Waals surface area contributed by atoms with E-state index in [4.69, 9.17) is 5.84 Å². The molecule has 3 rings (SSSR count). The number of nitrogens with two attached hydrogens (primary N) is 1. The standard InChI is InChI=1S/C18H17F3N8OS/c1-11(12-5-7-23-8-6-12)25-26-16-27-28-17(29(16)22)31-10-15(30)24-14-4-2-3-13(9-14)18(19,20)21/h2-9H,10,22H2,1H3,(H,24,30)(H,26,27)/b25-11+. The Morgan fingerprint density at radius 3 is 2.68 bits per heavy atom. The number of hydrogen-bond donors (Lipinski definition) is 3. The average Bonchev–Trinajstić information content (AvgIpc) is 3.10. The van der Waals surface area contributed by atoms with Crippen molar-refractivity contribution >= 4 is 35.0 Å². The number of nitrogen functional groups attached to an aromatic ring is 1. The molecular weight excluding hydrogens is 433 g/mol. The minimum absolute atomic E-state index is 0.0397. The molecule has 0 aliphatic carbocycles. The number of nitrogens with zero attached hydrogens (tertiary/aromatic N) is 5. The van der Waals surface area contributed by atoms with Gasteiger partial charge in [-0.3, -0.25) is 9.78 Å². The first-order valence-corrected chi connectivity index (χ1v) is 9.73. The van der Waals surface area contributed by atoms with Crippen LogP contribution in [0.3, 0.4) is 0 Å². The summed E-state index contributed by atoms with van der Waals surface area (Å²) in [6, 6.07) is 7.95. The zero-order chi connectivity index (χ0) is 22.4. The van der Waals surface area contributed by atoms with Gasteiger partial charge in [0.05, 0.1) is 17.0 Å². The Bertz CT molecular complexity index is 1080. The molecule has 0 fully saturated rings. The average molecular weight is 450 g/mol. The fourth-order valence-electron chi connectivity index (χ4n) is 2.34. The number of anilines is 2. The van der Waals surface area contributed by atoms with E-state index in [0.717, 1.165) is 34.1 Å². The van der Waals surface area contributed by atoms with Gasteiger partial charge in [-0.15, -0.1) is 10.2 Å². The van der Waals surface area contributed by atoms with Crippen molar-refractivity contribution in [3.05, 3.63) is 59.9 Å². The lowest BCUT2D eigenvalue weighted by Crippen LogP contribution is -2.17. The lowest BCUT2D eigenvalue weighted by atomic mass is 10.2. The van der Waals surface area contributed by atoms with Gasteiger partial charge in [-0.05, 0) is 37.3 Å². The van der Waals surface area contributed by atoms with E-state index in [2.05, 4.69) is 31.0 Å². The number of carbonyl (C=O) groups excluding carboxylic acids is 1. The Morgan fingerprint density at radius 1 is 1.23 bits per heavy atom. The molecule has 0 aliphatic heterocycles. The molecule has 1 amide bonds.